The lowest BCUT2D eigenvalue weighted by Gasteiger charge is -2.20. The lowest BCUT2D eigenvalue weighted by atomic mass is 9.98. The molecule has 43 heavy (non-hydrogen) atoms. The lowest BCUT2D eigenvalue weighted by Crippen LogP contribution is -2.45. The summed E-state index contributed by atoms with van der Waals surface area (Å²) in [6, 6.07) is 21.3. The molecule has 2 N–H and O–H groups in total. The Hall–Kier alpha value is -4.96. The van der Waals surface area contributed by atoms with Gasteiger partial charge >= 0.3 is 0 Å². The third-order valence-corrected chi connectivity index (χ3v) is 7.18. The Morgan fingerprint density at radius 1 is 0.953 bits per heavy atom. The van der Waals surface area contributed by atoms with Gasteiger partial charge in [0.1, 0.15) is 23.8 Å². The Balaban J connectivity index is 1.40. The zero-order valence-corrected chi connectivity index (χ0v) is 25.0. The second kappa shape index (κ2) is 12.9. The van der Waals surface area contributed by atoms with Crippen LogP contribution in [0.2, 0.25) is 5.02 Å². The maximum absolute atomic E-state index is 13.7. The van der Waals surface area contributed by atoms with Crippen LogP contribution in [0.4, 0.5) is 5.69 Å². The molecule has 0 aliphatic carbocycles. The predicted octanol–water partition coefficient (Wildman–Crippen LogP) is 5.30. The zero-order chi connectivity index (χ0) is 30.5. The van der Waals surface area contributed by atoms with E-state index in [2.05, 4.69) is 25.9 Å². The molecular formula is C32H32ClN7O3. The fraction of sp³-hybridized carbons (Fsp3) is 0.219. The molecule has 0 radical (unpaired) electrons. The molecule has 5 rings (SSSR count). The fourth-order valence-corrected chi connectivity index (χ4v) is 4.86. The second-order valence-corrected chi connectivity index (χ2v) is 10.8. The van der Waals surface area contributed by atoms with Crippen LogP contribution in [0, 0.1) is 0 Å². The smallest absolute Gasteiger partial charge is 0.270 e. The molecule has 5 aromatic rings. The Morgan fingerprint density at radius 3 is 2.37 bits per heavy atom. The van der Waals surface area contributed by atoms with Crippen molar-refractivity contribution in [2.24, 2.45) is 14.1 Å². The molecule has 2 heterocycles. The first-order valence-corrected chi connectivity index (χ1v) is 14.2. The summed E-state index contributed by atoms with van der Waals surface area (Å²) in [5, 5.41) is 18.4. The molecule has 0 spiro atoms. The van der Waals surface area contributed by atoms with Crippen LogP contribution in [-0.2, 0) is 25.3 Å². The van der Waals surface area contributed by atoms with Gasteiger partial charge in [0.15, 0.2) is 5.82 Å². The van der Waals surface area contributed by atoms with Crippen molar-refractivity contribution in [2.75, 3.05) is 5.32 Å². The Morgan fingerprint density at radius 2 is 1.70 bits per heavy atom. The van der Waals surface area contributed by atoms with E-state index in [1.54, 1.807) is 37.6 Å². The third kappa shape index (κ3) is 7.10. The predicted molar refractivity (Wildman–Crippen MR) is 166 cm³/mol. The van der Waals surface area contributed by atoms with E-state index in [4.69, 9.17) is 16.3 Å². The van der Waals surface area contributed by atoms with E-state index in [9.17, 15) is 9.59 Å². The van der Waals surface area contributed by atoms with Crippen LogP contribution in [0.1, 0.15) is 29.9 Å². The van der Waals surface area contributed by atoms with Gasteiger partial charge in [-0.05, 0) is 85.1 Å². The number of amides is 2. The molecule has 3 aromatic carbocycles. The summed E-state index contributed by atoms with van der Waals surface area (Å²) in [5.41, 5.74) is 4.30. The van der Waals surface area contributed by atoms with Gasteiger partial charge in [-0.25, -0.2) is 0 Å². The van der Waals surface area contributed by atoms with Gasteiger partial charge in [-0.3, -0.25) is 14.3 Å². The van der Waals surface area contributed by atoms with E-state index < -0.39 is 17.9 Å². The first-order valence-electron chi connectivity index (χ1n) is 13.8. The minimum Gasteiger partial charge on any atom is -0.491 e. The van der Waals surface area contributed by atoms with Crippen molar-refractivity contribution in [1.29, 1.82) is 0 Å². The summed E-state index contributed by atoms with van der Waals surface area (Å²) >= 11 is 6.64. The standard InChI is InChI=1S/C32H32ClN7O3/c1-20(2)43-26-7-5-6-22(17-26)23-10-13-27(33)24(16-23)18-28(37-32(42)29-14-15-35-40(29)4)31(41)36-25-11-8-21(9-12-25)30-38-34-19-39(30)3/h5-17,19-20,28H,18H2,1-4H3,(H,36,41)(H,37,42). The van der Waals surface area contributed by atoms with Crippen LogP contribution < -0.4 is 15.4 Å². The van der Waals surface area contributed by atoms with Crippen LogP contribution in [0.5, 0.6) is 5.75 Å². The summed E-state index contributed by atoms with van der Waals surface area (Å²) in [4.78, 5) is 26.8. The SMILES string of the molecule is CC(C)Oc1cccc(-c2ccc(Cl)c(CC(NC(=O)c3ccnn3C)C(=O)Nc3ccc(-c4nncn4C)cc3)c2)c1. The monoisotopic (exact) mass is 597 g/mol. The summed E-state index contributed by atoms with van der Waals surface area (Å²) in [5.74, 6) is 0.643. The van der Waals surface area contributed by atoms with E-state index in [0.29, 0.717) is 27.8 Å². The third-order valence-electron chi connectivity index (χ3n) is 6.81. The largest absolute Gasteiger partial charge is 0.491 e. The molecule has 0 fully saturated rings. The minimum atomic E-state index is -0.941. The molecule has 1 unspecified atom stereocenters. The van der Waals surface area contributed by atoms with Crippen LogP contribution in [0.25, 0.3) is 22.5 Å². The van der Waals surface area contributed by atoms with E-state index in [1.807, 2.05) is 74.0 Å². The van der Waals surface area contributed by atoms with Gasteiger partial charge in [0.25, 0.3) is 5.91 Å². The van der Waals surface area contributed by atoms with Crippen LogP contribution >= 0.6 is 11.6 Å². The number of benzene rings is 3. The summed E-state index contributed by atoms with van der Waals surface area (Å²) < 4.78 is 9.13. The Bertz CT molecular complexity index is 1740. The lowest BCUT2D eigenvalue weighted by molar-refractivity contribution is -0.118. The van der Waals surface area contributed by atoms with Gasteiger partial charge in [0, 0.05) is 43.0 Å². The highest BCUT2D eigenvalue weighted by Crippen LogP contribution is 2.29. The molecule has 10 nitrogen and oxygen atoms in total. The van der Waals surface area contributed by atoms with E-state index in [0.717, 1.165) is 22.4 Å². The maximum Gasteiger partial charge on any atom is 0.270 e. The first kappa shape index (κ1) is 29.5. The number of rotatable bonds is 10. The molecule has 1 atom stereocenters. The van der Waals surface area contributed by atoms with Gasteiger partial charge in [-0.1, -0.05) is 29.8 Å². The van der Waals surface area contributed by atoms with Crippen molar-refractivity contribution < 1.29 is 14.3 Å². The highest BCUT2D eigenvalue weighted by Gasteiger charge is 2.25. The van der Waals surface area contributed by atoms with E-state index in [1.165, 1.54) is 10.9 Å². The average molecular weight is 598 g/mol. The maximum atomic E-state index is 13.7. The van der Waals surface area contributed by atoms with Crippen molar-refractivity contribution in [3.63, 3.8) is 0 Å². The highest BCUT2D eigenvalue weighted by atomic mass is 35.5. The zero-order valence-electron chi connectivity index (χ0n) is 24.3. The number of aryl methyl sites for hydroxylation is 2. The molecule has 0 aliphatic heterocycles. The van der Waals surface area contributed by atoms with Gasteiger partial charge in [-0.2, -0.15) is 5.10 Å². The van der Waals surface area contributed by atoms with Crippen molar-refractivity contribution in [2.45, 2.75) is 32.4 Å². The van der Waals surface area contributed by atoms with Gasteiger partial charge in [0.05, 0.1) is 6.10 Å². The van der Waals surface area contributed by atoms with Gasteiger partial charge < -0.3 is 19.9 Å². The number of ether oxygens (including phenoxy) is 1. The van der Waals surface area contributed by atoms with Crippen LogP contribution in [0.15, 0.2) is 85.3 Å². The highest BCUT2D eigenvalue weighted by molar-refractivity contribution is 6.31. The normalized spacial score (nSPS) is 11.8. The molecule has 11 heteroatoms. The van der Waals surface area contributed by atoms with Crippen molar-refractivity contribution in [3.8, 4) is 28.3 Å². The second-order valence-electron chi connectivity index (χ2n) is 10.4. The fourth-order valence-electron chi connectivity index (χ4n) is 4.67. The van der Waals surface area contributed by atoms with Crippen molar-refractivity contribution in [3.05, 3.63) is 102 Å². The quantitative estimate of drug-likeness (QED) is 0.226. The Labute approximate surface area is 254 Å². The molecule has 0 bridgehead atoms. The van der Waals surface area contributed by atoms with Gasteiger partial charge in [0.2, 0.25) is 5.91 Å². The Kier molecular flexibility index (Phi) is 8.87. The van der Waals surface area contributed by atoms with Crippen molar-refractivity contribution in [1.82, 2.24) is 29.9 Å². The number of anilines is 1. The molecule has 220 valence electrons. The molecule has 0 saturated carbocycles. The van der Waals surface area contributed by atoms with Crippen LogP contribution in [0.3, 0.4) is 0 Å². The topological polar surface area (TPSA) is 116 Å². The molecule has 0 aliphatic rings. The van der Waals surface area contributed by atoms with E-state index in [-0.39, 0.29) is 12.5 Å². The number of halogens is 1. The summed E-state index contributed by atoms with van der Waals surface area (Å²) in [7, 11) is 3.52. The van der Waals surface area contributed by atoms with Crippen molar-refractivity contribution >= 4 is 29.1 Å². The number of nitrogens with one attached hydrogen (secondary N) is 2. The average Bonchev–Trinajstić information content (AvgIpc) is 3.61. The number of carbonyl (C=O) groups excluding carboxylic acids is 2. The molecular weight excluding hydrogens is 566 g/mol. The molecule has 0 saturated heterocycles. The van der Waals surface area contributed by atoms with Crippen LogP contribution in [-0.4, -0.2) is 48.5 Å². The minimum absolute atomic E-state index is 0.0429. The number of aromatic nitrogens is 5. The number of carbonyl (C=O) groups is 2. The first-order chi connectivity index (χ1) is 20.7. The number of hydrogen-bond acceptors (Lipinski definition) is 6. The van der Waals surface area contributed by atoms with E-state index >= 15 is 0 Å². The van der Waals surface area contributed by atoms with Gasteiger partial charge in [-0.15, -0.1) is 10.2 Å². The summed E-state index contributed by atoms with van der Waals surface area (Å²) in [6.07, 6.45) is 3.35. The molecule has 2 amide bonds. The number of hydrogen-bond donors (Lipinski definition) is 2. The summed E-state index contributed by atoms with van der Waals surface area (Å²) in [6.45, 7) is 3.95. The number of nitrogens with zero attached hydrogens (tertiary/aromatic N) is 5. The molecule has 2 aromatic heterocycles.